The van der Waals surface area contributed by atoms with Gasteiger partial charge in [-0.2, -0.15) is 4.98 Å². The van der Waals surface area contributed by atoms with Gasteiger partial charge in [-0.25, -0.2) is 8.42 Å². The Balaban J connectivity index is 1.75. The van der Waals surface area contributed by atoms with E-state index >= 15 is 0 Å². The van der Waals surface area contributed by atoms with Gasteiger partial charge in [-0.3, -0.25) is 4.72 Å². The third-order valence-corrected chi connectivity index (χ3v) is 5.32. The molecule has 1 unspecified atom stereocenters. The van der Waals surface area contributed by atoms with E-state index in [0.29, 0.717) is 6.54 Å². The molecule has 1 fully saturated rings. The first-order valence-corrected chi connectivity index (χ1v) is 9.96. The minimum atomic E-state index is -4.87. The van der Waals surface area contributed by atoms with Gasteiger partial charge in [0, 0.05) is 12.6 Å². The van der Waals surface area contributed by atoms with Crippen molar-refractivity contribution in [3.63, 3.8) is 0 Å². The number of sulfonamides is 1. The minimum Gasteiger partial charge on any atom is -0.479 e. The monoisotopic (exact) mass is 433 g/mol. The summed E-state index contributed by atoms with van der Waals surface area (Å²) in [5.41, 5.74) is 0.0556. The third-order valence-electron chi connectivity index (χ3n) is 3.94. The first kappa shape index (κ1) is 21.0. The summed E-state index contributed by atoms with van der Waals surface area (Å²) in [4.78, 5) is 3.88. The fourth-order valence-corrected chi connectivity index (χ4v) is 3.70. The van der Waals surface area contributed by atoms with Crippen molar-refractivity contribution in [2.24, 2.45) is 0 Å². The summed E-state index contributed by atoms with van der Waals surface area (Å²) in [5.74, 6) is -0.250. The Hall–Kier alpha value is -2.73. The number of aromatic nitrogens is 1. The molecule has 1 saturated heterocycles. The number of rotatable bonds is 7. The highest BCUT2D eigenvalue weighted by Crippen LogP contribution is 2.29. The van der Waals surface area contributed by atoms with Crippen LogP contribution in [-0.2, 0) is 10.0 Å². The topological polar surface area (TPSA) is 98.8 Å². The van der Waals surface area contributed by atoms with Gasteiger partial charge < -0.3 is 19.5 Å². The van der Waals surface area contributed by atoms with Gasteiger partial charge >= 0.3 is 6.36 Å². The van der Waals surface area contributed by atoms with Crippen molar-refractivity contribution in [1.29, 1.82) is 0 Å². The maximum atomic E-state index is 12.5. The van der Waals surface area contributed by atoms with Crippen LogP contribution in [0.1, 0.15) is 6.42 Å². The molecule has 2 aromatic rings. The van der Waals surface area contributed by atoms with E-state index in [1.807, 2.05) is 0 Å². The number of hydrogen-bond acceptors (Lipinski definition) is 7. The summed E-state index contributed by atoms with van der Waals surface area (Å²) >= 11 is 0. The van der Waals surface area contributed by atoms with Crippen molar-refractivity contribution in [3.05, 3.63) is 36.4 Å². The fourth-order valence-electron chi connectivity index (χ4n) is 2.65. The second-order valence-electron chi connectivity index (χ2n) is 6.06. The number of methoxy groups -OCH3 is 1. The van der Waals surface area contributed by atoms with E-state index in [-0.39, 0.29) is 28.4 Å². The van der Waals surface area contributed by atoms with E-state index in [1.165, 1.54) is 19.2 Å². The number of nitrogens with one attached hydrogen (secondary N) is 2. The summed E-state index contributed by atoms with van der Waals surface area (Å²) in [5, 5.41) is 3.15. The predicted molar refractivity (Wildman–Crippen MR) is 96.6 cm³/mol. The van der Waals surface area contributed by atoms with E-state index in [2.05, 4.69) is 19.8 Å². The van der Waals surface area contributed by atoms with Gasteiger partial charge in [0.05, 0.1) is 12.0 Å². The van der Waals surface area contributed by atoms with Gasteiger partial charge in [0.15, 0.2) is 0 Å². The molecule has 3 rings (SSSR count). The van der Waals surface area contributed by atoms with Crippen LogP contribution in [0.2, 0.25) is 0 Å². The molecule has 1 aromatic heterocycles. The summed E-state index contributed by atoms with van der Waals surface area (Å²) < 4.78 is 78.6. The number of benzene rings is 1. The number of ether oxygens (including phenoxy) is 3. The molecule has 2 heterocycles. The predicted octanol–water partition coefficient (Wildman–Crippen LogP) is 2.53. The largest absolute Gasteiger partial charge is 0.573 e. The zero-order valence-electron chi connectivity index (χ0n) is 15.2. The lowest BCUT2D eigenvalue weighted by Crippen LogP contribution is -2.20. The van der Waals surface area contributed by atoms with E-state index < -0.39 is 22.1 Å². The number of hydrogen-bond donors (Lipinski definition) is 2. The Bertz CT molecular complexity index is 946. The molecule has 0 bridgehead atoms. The highest BCUT2D eigenvalue weighted by molar-refractivity contribution is 7.92. The summed E-state index contributed by atoms with van der Waals surface area (Å²) in [6.45, 7) is 1.53. The van der Waals surface area contributed by atoms with Gasteiger partial charge in [-0.05, 0) is 43.3 Å². The standard InChI is InChI=1S/C17H18F3N3O5S/c1-26-16-14(6-7-15(22-16)27-12-8-9-21-10-12)23-29(24,25)13-4-2-11(3-5-13)28-17(18,19)20/h2-7,12,21,23H,8-10H2,1H3. The van der Waals surface area contributed by atoms with Gasteiger partial charge in [-0.1, -0.05) is 0 Å². The Morgan fingerprint density at radius 1 is 1.17 bits per heavy atom. The first-order valence-electron chi connectivity index (χ1n) is 8.47. The molecule has 8 nitrogen and oxygen atoms in total. The first-order chi connectivity index (χ1) is 13.7. The normalized spacial score (nSPS) is 17.0. The zero-order valence-corrected chi connectivity index (χ0v) is 16.0. The molecular formula is C17H18F3N3O5S. The number of alkyl halides is 3. The molecule has 1 atom stereocenters. The average molecular weight is 433 g/mol. The lowest BCUT2D eigenvalue weighted by molar-refractivity contribution is -0.274. The van der Waals surface area contributed by atoms with Crippen molar-refractivity contribution in [3.8, 4) is 17.5 Å². The summed E-state index contributed by atoms with van der Waals surface area (Å²) in [6.07, 6.45) is -4.07. The molecule has 12 heteroatoms. The van der Waals surface area contributed by atoms with Crippen LogP contribution in [0, 0.1) is 0 Å². The molecule has 29 heavy (non-hydrogen) atoms. The second-order valence-corrected chi connectivity index (χ2v) is 7.75. The summed E-state index contributed by atoms with van der Waals surface area (Å²) in [7, 11) is -2.78. The van der Waals surface area contributed by atoms with Gasteiger partial charge in [0.25, 0.3) is 10.0 Å². The quantitative estimate of drug-likeness (QED) is 0.692. The van der Waals surface area contributed by atoms with Crippen LogP contribution < -0.4 is 24.2 Å². The molecule has 0 spiro atoms. The summed E-state index contributed by atoms with van der Waals surface area (Å²) in [6, 6.07) is 6.73. The highest BCUT2D eigenvalue weighted by Gasteiger charge is 2.31. The van der Waals surface area contributed by atoms with Crippen molar-refractivity contribution in [2.75, 3.05) is 24.9 Å². The van der Waals surface area contributed by atoms with Gasteiger partial charge in [0.1, 0.15) is 17.5 Å². The molecule has 158 valence electrons. The van der Waals surface area contributed by atoms with Crippen LogP contribution in [0.25, 0.3) is 0 Å². The third kappa shape index (κ3) is 5.64. The van der Waals surface area contributed by atoms with Crippen molar-refractivity contribution in [2.45, 2.75) is 23.8 Å². The molecule has 0 amide bonds. The zero-order chi connectivity index (χ0) is 21.1. The molecular weight excluding hydrogens is 415 g/mol. The van der Waals surface area contributed by atoms with E-state index in [1.54, 1.807) is 0 Å². The van der Waals surface area contributed by atoms with Crippen LogP contribution in [0.3, 0.4) is 0 Å². The lowest BCUT2D eigenvalue weighted by atomic mass is 10.3. The van der Waals surface area contributed by atoms with Crippen LogP contribution >= 0.6 is 0 Å². The van der Waals surface area contributed by atoms with Crippen LogP contribution in [0.15, 0.2) is 41.3 Å². The Labute approximate surface area is 165 Å². The Kier molecular flexibility index (Phi) is 6.03. The van der Waals surface area contributed by atoms with E-state index in [9.17, 15) is 21.6 Å². The molecule has 1 aromatic carbocycles. The number of halogens is 3. The molecule has 0 aliphatic carbocycles. The van der Waals surface area contributed by atoms with Crippen molar-refractivity contribution < 1.29 is 35.8 Å². The molecule has 1 aliphatic heterocycles. The SMILES string of the molecule is COc1nc(OC2CCNC2)ccc1NS(=O)(=O)c1ccc(OC(F)(F)F)cc1. The van der Waals surface area contributed by atoms with Crippen molar-refractivity contribution in [1.82, 2.24) is 10.3 Å². The van der Waals surface area contributed by atoms with E-state index in [4.69, 9.17) is 9.47 Å². The average Bonchev–Trinajstić information content (AvgIpc) is 3.15. The number of anilines is 1. The van der Waals surface area contributed by atoms with Crippen LogP contribution in [0.4, 0.5) is 18.9 Å². The van der Waals surface area contributed by atoms with Gasteiger partial charge in [0.2, 0.25) is 11.8 Å². The molecule has 0 saturated carbocycles. The number of nitrogens with zero attached hydrogens (tertiary/aromatic N) is 1. The van der Waals surface area contributed by atoms with Gasteiger partial charge in [-0.15, -0.1) is 13.2 Å². The second kappa shape index (κ2) is 8.33. The molecule has 0 radical (unpaired) electrons. The minimum absolute atomic E-state index is 0.00550. The Morgan fingerprint density at radius 3 is 2.48 bits per heavy atom. The number of pyridine rings is 1. The van der Waals surface area contributed by atoms with Crippen molar-refractivity contribution >= 4 is 15.7 Å². The van der Waals surface area contributed by atoms with Crippen LogP contribution in [0.5, 0.6) is 17.5 Å². The Morgan fingerprint density at radius 2 is 1.90 bits per heavy atom. The highest BCUT2D eigenvalue weighted by atomic mass is 32.2. The fraction of sp³-hybridized carbons (Fsp3) is 0.353. The molecule has 1 aliphatic rings. The lowest BCUT2D eigenvalue weighted by Gasteiger charge is -2.15. The maximum Gasteiger partial charge on any atom is 0.573 e. The van der Waals surface area contributed by atoms with E-state index in [0.717, 1.165) is 37.2 Å². The maximum absolute atomic E-state index is 12.5. The smallest absolute Gasteiger partial charge is 0.479 e. The van der Waals surface area contributed by atoms with Crippen LogP contribution in [-0.4, -0.2) is 46.1 Å². The molecule has 2 N–H and O–H groups in total.